The number of aliphatic carboxylic acids is 1. The molecule has 0 saturated carbocycles. The van der Waals surface area contributed by atoms with E-state index in [1.54, 1.807) is 0 Å². The molecule has 0 heterocycles. The summed E-state index contributed by atoms with van der Waals surface area (Å²) in [6.07, 6.45) is -8.65. The van der Waals surface area contributed by atoms with E-state index in [-0.39, 0.29) is 35.8 Å². The van der Waals surface area contributed by atoms with Gasteiger partial charge in [0.25, 0.3) is 0 Å². The van der Waals surface area contributed by atoms with E-state index in [4.69, 9.17) is 20.4 Å². The first kappa shape index (κ1) is 16.4. The Bertz CT molecular complexity index is 197. The molecule has 0 aliphatic heterocycles. The van der Waals surface area contributed by atoms with Crippen LogP contribution in [0.4, 0.5) is 0 Å². The Morgan fingerprint density at radius 3 is 1.86 bits per heavy atom. The van der Waals surface area contributed by atoms with E-state index < -0.39 is 30.4 Å². The predicted octanol–water partition coefficient (Wildman–Crippen LogP) is -7.62. The zero-order valence-corrected chi connectivity index (χ0v) is 9.40. The Labute approximate surface area is 101 Å². The van der Waals surface area contributed by atoms with Crippen molar-refractivity contribution in [3.05, 3.63) is 0 Å². The van der Waals surface area contributed by atoms with Crippen molar-refractivity contribution in [2.75, 3.05) is 0 Å². The summed E-state index contributed by atoms with van der Waals surface area (Å²) in [7, 11) is 0. The summed E-state index contributed by atoms with van der Waals surface area (Å²) in [4.78, 5) is 19.8. The van der Waals surface area contributed by atoms with Crippen molar-refractivity contribution in [1.82, 2.24) is 0 Å². The number of hydrogen-bond donors (Lipinski definition) is 4. The first-order valence-electron chi connectivity index (χ1n) is 3.30. The maximum absolute atomic E-state index is 9.95. The van der Waals surface area contributed by atoms with Gasteiger partial charge in [-0.1, -0.05) is 0 Å². The number of carbonyl (C=O) groups is 2. The predicted molar refractivity (Wildman–Crippen MR) is 35.1 cm³/mol. The van der Waals surface area contributed by atoms with Crippen LogP contribution in [0.2, 0.25) is 0 Å². The number of aldehydes is 1. The number of carbonyl (C=O) groups excluding carboxylic acids is 2. The summed E-state index contributed by atoms with van der Waals surface area (Å²) >= 11 is 0. The van der Waals surface area contributed by atoms with Gasteiger partial charge in [-0.2, -0.15) is 0 Å². The van der Waals surface area contributed by atoms with E-state index in [0.29, 0.717) is 0 Å². The Kier molecular flexibility index (Phi) is 8.55. The van der Waals surface area contributed by atoms with Crippen molar-refractivity contribution >= 4 is 12.3 Å². The summed E-state index contributed by atoms with van der Waals surface area (Å²) < 4.78 is 0. The standard InChI is InChI=1S/C6H10O7.Na/c7-1-2(8)3(9)4(10)5(11)6(12)13;/h1-5,8-11H,(H,12,13);/q;+1/p-1/t2-,3-,4+,5-;/m1./s1. The summed E-state index contributed by atoms with van der Waals surface area (Å²) in [6, 6.07) is 0. The molecule has 0 aliphatic rings. The fraction of sp³-hybridized carbons (Fsp3) is 0.667. The maximum atomic E-state index is 9.95. The molecule has 0 aliphatic carbocycles. The fourth-order valence-corrected chi connectivity index (χ4v) is 0.609. The van der Waals surface area contributed by atoms with Gasteiger partial charge in [0.1, 0.15) is 24.4 Å². The molecule has 0 saturated heterocycles. The molecule has 0 radical (unpaired) electrons. The molecule has 0 aromatic heterocycles. The van der Waals surface area contributed by atoms with Gasteiger partial charge >= 0.3 is 29.6 Å². The van der Waals surface area contributed by atoms with Crippen LogP contribution in [-0.4, -0.2) is 57.1 Å². The monoisotopic (exact) mass is 216 g/mol. The van der Waals surface area contributed by atoms with Gasteiger partial charge in [-0.05, 0) is 0 Å². The number of aliphatic hydroxyl groups is 4. The second-order valence-electron chi connectivity index (χ2n) is 2.37. The number of carboxylic acids is 1. The molecular weight excluding hydrogens is 207 g/mol. The third-order valence-electron chi connectivity index (χ3n) is 1.40. The third kappa shape index (κ3) is 4.47. The van der Waals surface area contributed by atoms with Gasteiger partial charge in [0.2, 0.25) is 0 Å². The van der Waals surface area contributed by atoms with Crippen molar-refractivity contribution in [2.45, 2.75) is 24.4 Å². The molecule has 0 bridgehead atoms. The topological polar surface area (TPSA) is 138 Å². The molecular formula is C6H9NaO7. The van der Waals surface area contributed by atoms with E-state index in [9.17, 15) is 14.7 Å². The molecule has 7 nitrogen and oxygen atoms in total. The molecule has 14 heavy (non-hydrogen) atoms. The average molecular weight is 216 g/mol. The van der Waals surface area contributed by atoms with Gasteiger partial charge in [-0.3, -0.25) is 0 Å². The van der Waals surface area contributed by atoms with Crippen LogP contribution in [-0.2, 0) is 9.59 Å². The van der Waals surface area contributed by atoms with E-state index >= 15 is 0 Å². The summed E-state index contributed by atoms with van der Waals surface area (Å²) in [5.41, 5.74) is 0. The molecule has 0 amide bonds. The van der Waals surface area contributed by atoms with Crippen LogP contribution in [0.3, 0.4) is 0 Å². The molecule has 4 atom stereocenters. The van der Waals surface area contributed by atoms with Crippen LogP contribution < -0.4 is 34.7 Å². The van der Waals surface area contributed by atoms with Crippen molar-refractivity contribution < 1.29 is 64.7 Å². The smallest absolute Gasteiger partial charge is 0.547 e. The first-order valence-corrected chi connectivity index (χ1v) is 3.30. The Morgan fingerprint density at radius 2 is 1.57 bits per heavy atom. The average Bonchev–Trinajstić information content (AvgIpc) is 2.12. The normalized spacial score (nSPS) is 18.6. The summed E-state index contributed by atoms with van der Waals surface area (Å²) in [5.74, 6) is -2.01. The van der Waals surface area contributed by atoms with Gasteiger partial charge in [0.15, 0.2) is 6.29 Å². The van der Waals surface area contributed by atoms with Crippen molar-refractivity contribution in [1.29, 1.82) is 0 Å². The van der Waals surface area contributed by atoms with Crippen LogP contribution in [0.5, 0.6) is 0 Å². The van der Waals surface area contributed by atoms with E-state index in [2.05, 4.69) is 0 Å². The van der Waals surface area contributed by atoms with E-state index in [1.807, 2.05) is 0 Å². The van der Waals surface area contributed by atoms with Gasteiger partial charge in [-0.15, -0.1) is 0 Å². The van der Waals surface area contributed by atoms with Crippen LogP contribution in [0.15, 0.2) is 0 Å². The summed E-state index contributed by atoms with van der Waals surface area (Å²) in [5, 5.41) is 44.8. The molecule has 0 unspecified atom stereocenters. The van der Waals surface area contributed by atoms with Crippen LogP contribution >= 0.6 is 0 Å². The number of aliphatic hydroxyl groups excluding tert-OH is 4. The number of carboxylic acid groups (broad SMARTS) is 1. The Morgan fingerprint density at radius 1 is 1.14 bits per heavy atom. The fourth-order valence-electron chi connectivity index (χ4n) is 0.609. The summed E-state index contributed by atoms with van der Waals surface area (Å²) in [6.45, 7) is 0. The quantitative estimate of drug-likeness (QED) is 0.264. The SMILES string of the molecule is O=C[C@@H](O)[C@@H](O)[C@H](O)[C@@H](O)C(=O)[O-].[Na+]. The van der Waals surface area contributed by atoms with Crippen LogP contribution in [0.25, 0.3) is 0 Å². The first-order chi connectivity index (χ1) is 5.91. The number of rotatable bonds is 5. The second kappa shape index (κ2) is 7.30. The molecule has 0 fully saturated rings. The van der Waals surface area contributed by atoms with E-state index in [0.717, 1.165) is 0 Å². The van der Waals surface area contributed by atoms with Crippen molar-refractivity contribution in [2.24, 2.45) is 0 Å². The molecule has 4 N–H and O–H groups in total. The minimum Gasteiger partial charge on any atom is -0.547 e. The zero-order chi connectivity index (χ0) is 10.6. The van der Waals surface area contributed by atoms with Crippen molar-refractivity contribution in [3.8, 4) is 0 Å². The molecule has 8 heteroatoms. The molecule has 0 aromatic rings. The number of hydrogen-bond acceptors (Lipinski definition) is 7. The van der Waals surface area contributed by atoms with Gasteiger partial charge in [-0.25, -0.2) is 0 Å². The van der Waals surface area contributed by atoms with Gasteiger partial charge in [0.05, 0.1) is 5.97 Å². The molecule has 0 spiro atoms. The Hall–Kier alpha value is -0.0200. The third-order valence-corrected chi connectivity index (χ3v) is 1.40. The minimum atomic E-state index is -2.36. The second-order valence-corrected chi connectivity index (χ2v) is 2.37. The van der Waals surface area contributed by atoms with Crippen LogP contribution in [0.1, 0.15) is 0 Å². The zero-order valence-electron chi connectivity index (χ0n) is 7.40. The maximum Gasteiger partial charge on any atom is 1.00 e. The van der Waals surface area contributed by atoms with Crippen LogP contribution in [0, 0.1) is 0 Å². The van der Waals surface area contributed by atoms with Gasteiger partial charge in [0, 0.05) is 0 Å². The van der Waals surface area contributed by atoms with E-state index in [1.165, 1.54) is 0 Å². The minimum absolute atomic E-state index is 0. The van der Waals surface area contributed by atoms with Crippen molar-refractivity contribution in [3.63, 3.8) is 0 Å². The molecule has 0 rings (SSSR count). The Balaban J connectivity index is 0. The largest absolute Gasteiger partial charge is 1.00 e. The molecule has 0 aromatic carbocycles. The van der Waals surface area contributed by atoms with Gasteiger partial charge < -0.3 is 35.1 Å². The molecule has 76 valence electrons.